The number of benzene rings is 4. The van der Waals surface area contributed by atoms with E-state index in [-0.39, 0.29) is 110 Å². The van der Waals surface area contributed by atoms with Crippen LogP contribution < -0.4 is 52.3 Å². The highest BCUT2D eigenvalue weighted by Crippen LogP contribution is 2.64. The molecule has 12 N–H and O–H groups in total. The van der Waals surface area contributed by atoms with Gasteiger partial charge in [-0.25, -0.2) is 29.9 Å². The van der Waals surface area contributed by atoms with Gasteiger partial charge < -0.3 is 82.6 Å². The molecule has 19 rings (SSSR count). The molecule has 6 aliphatic heterocycles. The number of aliphatic hydroxyl groups is 2. The molecule has 0 radical (unpaired) electrons. The number of para-hydroxylation sites is 2. The molecule has 694 valence electrons. The van der Waals surface area contributed by atoms with Crippen molar-refractivity contribution in [3.63, 3.8) is 0 Å². The smallest absolute Gasteiger partial charge is 0.246 e. The molecule has 6 amide bonds. The number of nitrogen functional groups attached to an aromatic ring is 2. The Labute approximate surface area is 780 Å². The summed E-state index contributed by atoms with van der Waals surface area (Å²) in [4.78, 5) is 132. The van der Waals surface area contributed by atoms with Gasteiger partial charge in [0.15, 0.2) is 11.6 Å². The van der Waals surface area contributed by atoms with Gasteiger partial charge in [-0.3, -0.25) is 28.8 Å². The largest absolute Gasteiger partial charge is 0.507 e. The van der Waals surface area contributed by atoms with E-state index in [4.69, 9.17) is 36.4 Å². The Hall–Kier alpha value is -12.4. The van der Waals surface area contributed by atoms with E-state index in [0.29, 0.717) is 124 Å². The number of hydrogen-bond acceptors (Lipinski definition) is 28. The molecule has 3 aliphatic carbocycles. The van der Waals surface area contributed by atoms with Crippen molar-refractivity contribution in [3.8, 4) is 54.9 Å². The van der Waals surface area contributed by atoms with E-state index in [1.807, 2.05) is 151 Å². The molecule has 3 saturated carbocycles. The molecule has 10 atom stereocenters. The fourth-order valence-electron chi connectivity index (χ4n) is 22.3. The van der Waals surface area contributed by atoms with Crippen molar-refractivity contribution in [1.82, 2.24) is 81.4 Å². The van der Waals surface area contributed by atoms with E-state index in [1.165, 1.54) is 21.1 Å². The second-order valence-corrected chi connectivity index (χ2v) is 41.8. The lowest BCUT2D eigenvalue weighted by molar-refractivity contribution is -0.148. The first-order valence-electron chi connectivity index (χ1n) is 46.7. The Kier molecular flexibility index (Phi) is 24.9. The summed E-state index contributed by atoms with van der Waals surface area (Å²) in [6, 6.07) is 30.2. The highest BCUT2D eigenvalue weighted by atomic mass is 32.1. The first kappa shape index (κ1) is 89.8. The number of piperazine rings is 2. The second kappa shape index (κ2) is 36.9. The normalized spacial score (nSPS) is 24.8. The van der Waals surface area contributed by atoms with Crippen LogP contribution >= 0.6 is 22.7 Å². The van der Waals surface area contributed by atoms with Crippen molar-refractivity contribution in [2.24, 2.45) is 28.1 Å². The van der Waals surface area contributed by atoms with Crippen LogP contribution in [0, 0.1) is 35.0 Å². The Balaban J connectivity index is 0.461. The van der Waals surface area contributed by atoms with Crippen LogP contribution in [-0.2, 0) is 48.3 Å². The van der Waals surface area contributed by atoms with Crippen LogP contribution in [0.1, 0.15) is 176 Å². The zero-order valence-corrected chi connectivity index (χ0v) is 77.4. The SMILES string of the molecule is Cc1ncsc1-c1ccc(CNC(=O)[C@@H]2C[C@@H](O)CN2C(=O)[C@@H](NC(=O)C2CCC(c3cnc(N4C5CCC4CN(c4cc(-c6ccccc6O)nnc4N)C5)nc3)CC2)C(C)(C)CCc2ncsc2-c2ccc(CNC(=O)[C@@H]3C[C@@H](O)CN3C(=O)[C@@H](NC(=O)C3CC4(C3)CC(c3cnc(N5C6CCC5CN(c5cc(-c7ccccc7O)nnc5N)C6)nc3)C4)C(C)(C)C)cc2)cc1. The molecule has 34 heteroatoms. The van der Waals surface area contributed by atoms with Gasteiger partial charge in [0.05, 0.1) is 67.1 Å². The highest BCUT2D eigenvalue weighted by molar-refractivity contribution is 7.13. The van der Waals surface area contributed by atoms with E-state index < -0.39 is 76.8 Å². The van der Waals surface area contributed by atoms with Gasteiger partial charge in [0, 0.05) is 137 Å². The van der Waals surface area contributed by atoms with Crippen molar-refractivity contribution in [1.29, 1.82) is 0 Å². The number of nitrogens with two attached hydrogens (primary N) is 2. The zero-order valence-electron chi connectivity index (χ0n) is 75.8. The van der Waals surface area contributed by atoms with E-state index in [0.717, 1.165) is 104 Å². The number of aromatic hydroxyl groups is 2. The minimum atomic E-state index is -1.11. The third kappa shape index (κ3) is 18.4. The summed E-state index contributed by atoms with van der Waals surface area (Å²) in [5.41, 5.74) is 26.0. The molecule has 32 nitrogen and oxygen atoms in total. The summed E-state index contributed by atoms with van der Waals surface area (Å²) in [5.74, 6) is -0.169. The van der Waals surface area contributed by atoms with Crippen LogP contribution in [0.5, 0.6) is 11.5 Å². The molecule has 9 aliphatic rings. The van der Waals surface area contributed by atoms with Gasteiger partial charge in [0.1, 0.15) is 35.7 Å². The number of likely N-dealkylation sites (tertiary alicyclic amines) is 2. The number of carbonyl (C=O) groups excluding carboxylic acids is 6. The van der Waals surface area contributed by atoms with E-state index in [2.05, 4.69) is 66.2 Å². The Morgan fingerprint density at radius 2 is 0.932 bits per heavy atom. The molecule has 133 heavy (non-hydrogen) atoms. The Morgan fingerprint density at radius 1 is 0.496 bits per heavy atom. The number of phenolic OH excluding ortho intramolecular Hbond substituents is 2. The lowest BCUT2D eigenvalue weighted by Gasteiger charge is -2.57. The second-order valence-electron chi connectivity index (χ2n) is 40.1. The number of fused-ring (bicyclic) bond motifs is 4. The number of aromatic nitrogens is 10. The average molecular weight is 1840 g/mol. The third-order valence-corrected chi connectivity index (χ3v) is 31.6. The predicted molar refractivity (Wildman–Crippen MR) is 507 cm³/mol. The lowest BCUT2D eigenvalue weighted by atomic mass is 9.47. The summed E-state index contributed by atoms with van der Waals surface area (Å²) in [5, 5.41) is 73.3. The number of carbonyl (C=O) groups is 6. The maximum absolute atomic E-state index is 15.6. The van der Waals surface area contributed by atoms with Crippen LogP contribution in [0.4, 0.5) is 34.9 Å². The van der Waals surface area contributed by atoms with Crippen LogP contribution in [0.15, 0.2) is 145 Å². The van der Waals surface area contributed by atoms with Crippen molar-refractivity contribution in [3.05, 3.63) is 179 Å². The number of aliphatic hydroxyl groups excluding tert-OH is 2. The number of amides is 6. The predicted octanol–water partition coefficient (Wildman–Crippen LogP) is 10.8. The van der Waals surface area contributed by atoms with Crippen molar-refractivity contribution in [2.45, 2.75) is 230 Å². The number of rotatable bonds is 26. The summed E-state index contributed by atoms with van der Waals surface area (Å²) in [7, 11) is 0. The van der Waals surface area contributed by atoms with Gasteiger partial charge in [-0.15, -0.1) is 43.1 Å². The third-order valence-electron chi connectivity index (χ3n) is 29.7. The van der Waals surface area contributed by atoms with Crippen molar-refractivity contribution in [2.75, 3.05) is 70.3 Å². The number of nitrogens with zero attached hydrogens (tertiary/aromatic N) is 16. The van der Waals surface area contributed by atoms with Gasteiger partial charge in [-0.05, 0) is 195 Å². The summed E-state index contributed by atoms with van der Waals surface area (Å²) < 4.78 is 0. The van der Waals surface area contributed by atoms with Crippen LogP contribution in [0.25, 0.3) is 43.4 Å². The Bertz CT molecular complexity index is 5950. The molecule has 9 fully saturated rings. The number of nitrogens with one attached hydrogen (secondary N) is 4. The summed E-state index contributed by atoms with van der Waals surface area (Å²) in [6.45, 7) is 14.5. The van der Waals surface area contributed by atoms with Crippen LogP contribution in [-0.4, -0.2) is 216 Å². The van der Waals surface area contributed by atoms with Crippen molar-refractivity contribution < 1.29 is 49.2 Å². The number of anilines is 6. The monoisotopic (exact) mass is 1840 g/mol. The molecule has 6 saturated heterocycles. The Morgan fingerprint density at radius 3 is 1.40 bits per heavy atom. The fraction of sp³-hybridized carbons (Fsp3) is 0.475. The summed E-state index contributed by atoms with van der Waals surface area (Å²) in [6.07, 6.45) is 16.4. The van der Waals surface area contributed by atoms with Gasteiger partial charge in [0.25, 0.3) is 0 Å². The van der Waals surface area contributed by atoms with Gasteiger partial charge in [-0.2, -0.15) is 0 Å². The quantitative estimate of drug-likeness (QED) is 0.0241. The molecule has 10 aromatic rings. The minimum absolute atomic E-state index is 0.0173. The molecule has 4 aromatic carbocycles. The minimum Gasteiger partial charge on any atom is -0.507 e. The van der Waals surface area contributed by atoms with Gasteiger partial charge in [0.2, 0.25) is 47.3 Å². The highest BCUT2D eigenvalue weighted by Gasteiger charge is 2.57. The van der Waals surface area contributed by atoms with E-state index in [1.54, 1.807) is 47.2 Å². The first-order valence-corrected chi connectivity index (χ1v) is 48.5. The topological polar surface area (TPSA) is 432 Å². The molecule has 4 unspecified atom stereocenters. The number of phenols is 2. The van der Waals surface area contributed by atoms with Crippen molar-refractivity contribution >= 4 is 93.0 Å². The van der Waals surface area contributed by atoms with Gasteiger partial charge >= 0.3 is 0 Å². The molecule has 12 heterocycles. The first-order chi connectivity index (χ1) is 64.0. The van der Waals surface area contributed by atoms with E-state index in [9.17, 15) is 39.6 Å². The van der Waals surface area contributed by atoms with E-state index >= 15 is 9.59 Å². The molecule has 1 spiro atoms. The lowest BCUT2D eigenvalue weighted by Crippen LogP contribution is -2.60. The zero-order chi connectivity index (χ0) is 92.5. The number of β-amino-alcohol motifs (C(OH)–C–C–N with tert-alkyl or cyclic N) is 2. The van der Waals surface area contributed by atoms with Crippen LogP contribution in [0.2, 0.25) is 0 Å². The molecule has 6 aromatic heterocycles. The van der Waals surface area contributed by atoms with Gasteiger partial charge in [-0.1, -0.05) is 107 Å². The average Bonchev–Trinajstić information content (AvgIpc) is 0.929. The standard InChI is InChI=1S/C99H116N22O10S2/c1-55-83(132-53-108-55)59-19-15-56(16-20-59)41-103-92(129)80-34-71(123)52-119(80)94(131)86(111-89(126)61-25-23-58(24-26-61)64-43-104-95(105-44-64)120-66-27-28-67(120)48-116(47-66)77-35-75(112-114-87(77)100)72-11-7-9-13-81(72)124)98(5,6)32-31-74-84(133-54-109-74)60-21-17-57(18-22-60)42-102-91(128)79-33-70(122)51-118(79)93(130)85(97(2,3)4)110-90(127)63-39-99(40-63)37-62(38-99)65-45-106-96(107-46-65)121-68-29-30-69(121)50-117(49-68)78-36-76(113-115-88(78)101)73-12-8-10-14-82(73)125/h7-22,35-36,43-46,53-54,58,61-63,66-71,79-80,85-86,122-125H,23-34,37-42,47-52H2,1-6H3,(H2,100,114)(H2,101,115)(H,102,128)(H,103,129)(H,110,127)(H,111,126)/t58?,61?,62?,63?,66?,67?,68?,69?,70-,71-,79+,80+,85-,86-,99?/m1/s1. The molecular weight excluding hydrogens is 1720 g/mol. The maximum atomic E-state index is 15.6. The summed E-state index contributed by atoms with van der Waals surface area (Å²) >= 11 is 3.03. The number of aryl methyl sites for hydroxylation is 2. The molecule has 4 bridgehead atoms. The molecular formula is C99H116N22O10S2. The maximum Gasteiger partial charge on any atom is 0.246 e. The number of hydrogen-bond donors (Lipinski definition) is 10. The van der Waals surface area contributed by atoms with Crippen LogP contribution in [0.3, 0.4) is 0 Å². The fourth-order valence-corrected chi connectivity index (χ4v) is 23.9. The number of thiazole rings is 2.